The van der Waals surface area contributed by atoms with Gasteiger partial charge in [-0.05, 0) is 12.1 Å². The quantitative estimate of drug-likeness (QED) is 0.843. The third-order valence-corrected chi connectivity index (χ3v) is 3.46. The first-order valence-electron chi connectivity index (χ1n) is 7.24. The van der Waals surface area contributed by atoms with E-state index in [2.05, 4.69) is 25.4 Å². The van der Waals surface area contributed by atoms with Gasteiger partial charge < -0.3 is 19.7 Å². The van der Waals surface area contributed by atoms with E-state index in [4.69, 9.17) is 9.47 Å². The van der Waals surface area contributed by atoms with Gasteiger partial charge in [0.05, 0.1) is 37.8 Å². The Kier molecular flexibility index (Phi) is 4.62. The van der Waals surface area contributed by atoms with Gasteiger partial charge in [-0.25, -0.2) is 4.79 Å². The molecule has 1 aromatic heterocycles. The molecule has 1 aliphatic heterocycles. The van der Waals surface area contributed by atoms with Gasteiger partial charge in [-0.1, -0.05) is 12.1 Å². The molecule has 1 saturated heterocycles. The van der Waals surface area contributed by atoms with Crippen molar-refractivity contribution >= 4 is 23.4 Å². The van der Waals surface area contributed by atoms with Gasteiger partial charge in [0.15, 0.2) is 5.82 Å². The fourth-order valence-corrected chi connectivity index (χ4v) is 2.29. The number of morpholine rings is 1. The van der Waals surface area contributed by atoms with Crippen LogP contribution in [0.15, 0.2) is 30.5 Å². The van der Waals surface area contributed by atoms with Crippen molar-refractivity contribution in [1.29, 1.82) is 0 Å². The van der Waals surface area contributed by atoms with Gasteiger partial charge in [0, 0.05) is 13.1 Å². The molecule has 8 nitrogen and oxygen atoms in total. The molecule has 1 fully saturated rings. The van der Waals surface area contributed by atoms with Gasteiger partial charge in [0.1, 0.15) is 0 Å². The molecule has 0 unspecified atom stereocenters. The van der Waals surface area contributed by atoms with Crippen molar-refractivity contribution in [1.82, 2.24) is 15.2 Å². The number of nitrogens with one attached hydrogen (secondary N) is 1. The van der Waals surface area contributed by atoms with E-state index in [1.807, 2.05) is 6.07 Å². The molecule has 0 saturated carbocycles. The summed E-state index contributed by atoms with van der Waals surface area (Å²) in [4.78, 5) is 18.3. The number of rotatable bonds is 4. The van der Waals surface area contributed by atoms with Crippen LogP contribution >= 0.6 is 0 Å². The first kappa shape index (κ1) is 15.2. The van der Waals surface area contributed by atoms with Crippen LogP contribution in [0.1, 0.15) is 10.4 Å². The van der Waals surface area contributed by atoms with Crippen LogP contribution in [0, 0.1) is 0 Å². The highest BCUT2D eigenvalue weighted by Gasteiger charge is 2.15. The summed E-state index contributed by atoms with van der Waals surface area (Å²) in [5.41, 5.74) is 0.982. The lowest BCUT2D eigenvalue weighted by molar-refractivity contribution is 0.0602. The number of hydrogen-bond donors (Lipinski definition) is 1. The maximum Gasteiger partial charge on any atom is 0.339 e. The molecule has 1 aromatic carbocycles. The number of methoxy groups -OCH3 is 1. The zero-order valence-corrected chi connectivity index (χ0v) is 12.7. The molecule has 23 heavy (non-hydrogen) atoms. The molecular weight excluding hydrogens is 298 g/mol. The third-order valence-electron chi connectivity index (χ3n) is 3.46. The number of aromatic nitrogens is 3. The van der Waals surface area contributed by atoms with E-state index < -0.39 is 5.97 Å². The Bertz CT molecular complexity index is 688. The molecule has 0 aliphatic carbocycles. The minimum Gasteiger partial charge on any atom is -0.465 e. The first-order chi connectivity index (χ1) is 11.3. The molecule has 0 atom stereocenters. The van der Waals surface area contributed by atoms with E-state index >= 15 is 0 Å². The molecule has 0 radical (unpaired) electrons. The smallest absolute Gasteiger partial charge is 0.339 e. The summed E-state index contributed by atoms with van der Waals surface area (Å²) >= 11 is 0. The molecule has 0 spiro atoms. The summed E-state index contributed by atoms with van der Waals surface area (Å²) in [6, 6.07) is 7.01. The van der Waals surface area contributed by atoms with E-state index in [1.54, 1.807) is 24.4 Å². The molecule has 8 heteroatoms. The highest BCUT2D eigenvalue weighted by molar-refractivity contribution is 5.96. The van der Waals surface area contributed by atoms with Crippen molar-refractivity contribution in [2.45, 2.75) is 0 Å². The topological polar surface area (TPSA) is 89.5 Å². The maximum atomic E-state index is 11.8. The molecule has 1 N–H and O–H groups in total. The second-order valence-electron chi connectivity index (χ2n) is 4.90. The van der Waals surface area contributed by atoms with Gasteiger partial charge in [-0.2, -0.15) is 10.1 Å². The van der Waals surface area contributed by atoms with Crippen LogP contribution in [0.4, 0.5) is 17.5 Å². The highest BCUT2D eigenvalue weighted by atomic mass is 16.5. The summed E-state index contributed by atoms with van der Waals surface area (Å²) in [6.07, 6.45) is 1.61. The van der Waals surface area contributed by atoms with Crippen molar-refractivity contribution < 1.29 is 14.3 Å². The SMILES string of the molecule is COC(=O)c1ccccc1Nc1nncc(N2CCOCC2)n1. The Morgan fingerprint density at radius 1 is 1.30 bits per heavy atom. The standard InChI is InChI=1S/C15H17N5O3/c1-22-14(21)11-4-2-3-5-12(11)17-15-18-13(10-16-19-15)20-6-8-23-9-7-20/h2-5,10H,6-9H2,1H3,(H,17,18,19). The Labute approximate surface area is 133 Å². The Balaban J connectivity index is 1.82. The number of para-hydroxylation sites is 1. The van der Waals surface area contributed by atoms with Crippen LogP contribution in [-0.4, -0.2) is 54.6 Å². The monoisotopic (exact) mass is 315 g/mol. The van der Waals surface area contributed by atoms with Crippen molar-refractivity contribution in [3.05, 3.63) is 36.0 Å². The predicted molar refractivity (Wildman–Crippen MR) is 83.9 cm³/mol. The lowest BCUT2D eigenvalue weighted by atomic mass is 10.2. The van der Waals surface area contributed by atoms with Gasteiger partial charge in [-0.15, -0.1) is 5.10 Å². The third kappa shape index (κ3) is 3.54. The van der Waals surface area contributed by atoms with Gasteiger partial charge in [-0.3, -0.25) is 0 Å². The second-order valence-corrected chi connectivity index (χ2v) is 4.90. The fourth-order valence-electron chi connectivity index (χ4n) is 2.29. The molecule has 2 aromatic rings. The number of nitrogens with zero attached hydrogens (tertiary/aromatic N) is 4. The number of hydrogen-bond acceptors (Lipinski definition) is 8. The number of ether oxygens (including phenoxy) is 2. The van der Waals surface area contributed by atoms with Gasteiger partial charge in [0.2, 0.25) is 5.95 Å². The van der Waals surface area contributed by atoms with Crippen molar-refractivity contribution in [3.8, 4) is 0 Å². The van der Waals surface area contributed by atoms with Crippen LogP contribution in [-0.2, 0) is 9.47 Å². The van der Waals surface area contributed by atoms with Crippen LogP contribution in [0.2, 0.25) is 0 Å². The summed E-state index contributed by atoms with van der Waals surface area (Å²) in [6.45, 7) is 2.85. The normalized spacial score (nSPS) is 14.4. The molecular formula is C15H17N5O3. The second kappa shape index (κ2) is 7.01. The van der Waals surface area contributed by atoms with Crippen LogP contribution < -0.4 is 10.2 Å². The van der Waals surface area contributed by atoms with Crippen LogP contribution in [0.3, 0.4) is 0 Å². The zero-order chi connectivity index (χ0) is 16.1. The lowest BCUT2D eigenvalue weighted by Gasteiger charge is -2.27. The number of anilines is 3. The van der Waals surface area contributed by atoms with E-state index in [-0.39, 0.29) is 0 Å². The lowest BCUT2D eigenvalue weighted by Crippen LogP contribution is -2.37. The van der Waals surface area contributed by atoms with Crippen molar-refractivity contribution in [3.63, 3.8) is 0 Å². The highest BCUT2D eigenvalue weighted by Crippen LogP contribution is 2.20. The maximum absolute atomic E-state index is 11.8. The summed E-state index contributed by atoms with van der Waals surface area (Å²) in [7, 11) is 1.34. The largest absolute Gasteiger partial charge is 0.465 e. The number of carbonyl (C=O) groups is 1. The van der Waals surface area contributed by atoms with Crippen LogP contribution in [0.5, 0.6) is 0 Å². The molecule has 3 rings (SSSR count). The molecule has 2 heterocycles. The van der Waals surface area contributed by atoms with E-state index in [9.17, 15) is 4.79 Å². The predicted octanol–water partition coefficient (Wildman–Crippen LogP) is 1.24. The minimum absolute atomic E-state index is 0.324. The average Bonchev–Trinajstić information content (AvgIpc) is 2.62. The first-order valence-corrected chi connectivity index (χ1v) is 7.24. The van der Waals surface area contributed by atoms with E-state index in [0.717, 1.165) is 18.9 Å². The number of carbonyl (C=O) groups excluding carboxylic acids is 1. The zero-order valence-electron chi connectivity index (χ0n) is 12.7. The van der Waals surface area contributed by atoms with Crippen molar-refractivity contribution in [2.24, 2.45) is 0 Å². The number of esters is 1. The molecule has 1 aliphatic rings. The fraction of sp³-hybridized carbons (Fsp3) is 0.333. The summed E-state index contributed by atoms with van der Waals surface area (Å²) in [5.74, 6) is 0.622. The molecule has 0 bridgehead atoms. The Morgan fingerprint density at radius 3 is 2.87 bits per heavy atom. The van der Waals surface area contributed by atoms with E-state index in [0.29, 0.717) is 30.4 Å². The van der Waals surface area contributed by atoms with Crippen molar-refractivity contribution in [2.75, 3.05) is 43.6 Å². The number of benzene rings is 1. The average molecular weight is 315 g/mol. The van der Waals surface area contributed by atoms with Gasteiger partial charge >= 0.3 is 5.97 Å². The minimum atomic E-state index is -0.426. The van der Waals surface area contributed by atoms with Crippen LogP contribution in [0.25, 0.3) is 0 Å². The summed E-state index contributed by atoms with van der Waals surface area (Å²) < 4.78 is 10.1. The Hall–Kier alpha value is -2.74. The molecule has 0 amide bonds. The summed E-state index contributed by atoms with van der Waals surface area (Å²) in [5, 5.41) is 11.0. The van der Waals surface area contributed by atoms with Gasteiger partial charge in [0.25, 0.3) is 0 Å². The Morgan fingerprint density at radius 2 is 2.09 bits per heavy atom. The van der Waals surface area contributed by atoms with E-state index in [1.165, 1.54) is 7.11 Å². The molecule has 120 valence electrons.